The molecule has 0 amide bonds. The molecule has 1 heteroatoms. The summed E-state index contributed by atoms with van der Waals surface area (Å²) in [5.74, 6) is 1.45. The number of benzene rings is 2. The zero-order valence-corrected chi connectivity index (χ0v) is 15.4. The smallest absolute Gasteiger partial charge is 0.0716 e. The van der Waals surface area contributed by atoms with Gasteiger partial charge in [-0.3, -0.25) is 0 Å². The van der Waals surface area contributed by atoms with Crippen LogP contribution in [0.3, 0.4) is 0 Å². The highest BCUT2D eigenvalue weighted by Crippen LogP contribution is 2.40. The second-order valence-electron chi connectivity index (χ2n) is 7.16. The molecule has 132 valence electrons. The number of allylic oxidation sites excluding steroid dienone is 1. The molecule has 0 radical (unpaired) electrons. The molecule has 1 nitrogen and oxygen atoms in total. The Morgan fingerprint density at radius 2 is 1.32 bits per heavy atom. The second kappa shape index (κ2) is 9.01. The van der Waals surface area contributed by atoms with Gasteiger partial charge in [-0.2, -0.15) is 0 Å². The first kappa shape index (κ1) is 17.9. The fourth-order valence-corrected chi connectivity index (χ4v) is 3.96. The zero-order chi connectivity index (χ0) is 17.5. The standard InChI is InChI=1S/C24H30O/c1-3-5-19-6-10-21(11-7-19)23-14-16-24(17-15-23)22-12-8-20(9-13-22)18-25-4-2/h3,6-13,23-24H,1,4-5,14-18H2,2H3/t23-,24-. The Bertz CT molecular complexity index is 645. The van der Waals surface area contributed by atoms with Gasteiger partial charge in [0.1, 0.15) is 0 Å². The fourth-order valence-electron chi connectivity index (χ4n) is 3.96. The summed E-state index contributed by atoms with van der Waals surface area (Å²) in [4.78, 5) is 0. The average molecular weight is 335 g/mol. The molecular formula is C24H30O. The first-order valence-electron chi connectivity index (χ1n) is 9.66. The molecule has 0 spiro atoms. The Morgan fingerprint density at radius 1 is 0.840 bits per heavy atom. The molecule has 0 N–H and O–H groups in total. The molecule has 0 atom stereocenters. The quantitative estimate of drug-likeness (QED) is 0.533. The van der Waals surface area contributed by atoms with Crippen LogP contribution in [0.25, 0.3) is 0 Å². The summed E-state index contributed by atoms with van der Waals surface area (Å²) in [5.41, 5.74) is 5.65. The summed E-state index contributed by atoms with van der Waals surface area (Å²) in [6.07, 6.45) is 8.12. The van der Waals surface area contributed by atoms with Crippen LogP contribution in [0.5, 0.6) is 0 Å². The number of rotatable bonds is 7. The molecular weight excluding hydrogens is 304 g/mol. The Hall–Kier alpha value is -1.86. The Kier molecular flexibility index (Phi) is 6.47. The maximum atomic E-state index is 5.49. The molecule has 0 unspecified atom stereocenters. The number of hydrogen-bond donors (Lipinski definition) is 0. The van der Waals surface area contributed by atoms with E-state index in [2.05, 4.69) is 55.1 Å². The molecule has 1 fully saturated rings. The van der Waals surface area contributed by atoms with Gasteiger partial charge in [-0.25, -0.2) is 0 Å². The monoisotopic (exact) mass is 334 g/mol. The predicted octanol–water partition coefficient (Wildman–Crippen LogP) is 6.39. The molecule has 2 aromatic rings. The van der Waals surface area contributed by atoms with Crippen molar-refractivity contribution < 1.29 is 4.74 Å². The van der Waals surface area contributed by atoms with Crippen molar-refractivity contribution in [2.45, 2.75) is 57.5 Å². The van der Waals surface area contributed by atoms with Crippen molar-refractivity contribution in [3.63, 3.8) is 0 Å². The summed E-state index contributed by atoms with van der Waals surface area (Å²) >= 11 is 0. The third kappa shape index (κ3) is 4.83. The molecule has 2 aromatic carbocycles. The SMILES string of the molecule is C=CCc1ccc([C@H]2CC[C@H](c3ccc(COCC)cc3)CC2)cc1. The first-order chi connectivity index (χ1) is 12.3. The van der Waals surface area contributed by atoms with Crippen LogP contribution in [0.1, 0.15) is 66.7 Å². The second-order valence-corrected chi connectivity index (χ2v) is 7.16. The predicted molar refractivity (Wildman–Crippen MR) is 106 cm³/mol. The maximum Gasteiger partial charge on any atom is 0.0716 e. The molecule has 0 aromatic heterocycles. The summed E-state index contributed by atoms with van der Waals surface area (Å²) in [5, 5.41) is 0. The largest absolute Gasteiger partial charge is 0.377 e. The van der Waals surface area contributed by atoms with E-state index in [1.807, 2.05) is 13.0 Å². The highest BCUT2D eigenvalue weighted by atomic mass is 16.5. The van der Waals surface area contributed by atoms with Crippen molar-refractivity contribution in [2.24, 2.45) is 0 Å². The molecule has 0 heterocycles. The van der Waals surface area contributed by atoms with Gasteiger partial charge < -0.3 is 4.74 Å². The lowest BCUT2D eigenvalue weighted by atomic mass is 9.76. The van der Waals surface area contributed by atoms with Crippen molar-refractivity contribution in [2.75, 3.05) is 6.61 Å². The maximum absolute atomic E-state index is 5.49. The van der Waals surface area contributed by atoms with E-state index in [1.54, 1.807) is 0 Å². The average Bonchev–Trinajstić information content (AvgIpc) is 2.68. The van der Waals surface area contributed by atoms with E-state index in [0.29, 0.717) is 0 Å². The third-order valence-corrected chi connectivity index (χ3v) is 5.48. The van der Waals surface area contributed by atoms with Crippen LogP contribution < -0.4 is 0 Å². The van der Waals surface area contributed by atoms with Gasteiger partial charge in [0, 0.05) is 6.61 Å². The van der Waals surface area contributed by atoms with Gasteiger partial charge >= 0.3 is 0 Å². The summed E-state index contributed by atoms with van der Waals surface area (Å²) in [7, 11) is 0. The van der Waals surface area contributed by atoms with Crippen molar-refractivity contribution >= 4 is 0 Å². The molecule has 25 heavy (non-hydrogen) atoms. The van der Waals surface area contributed by atoms with Crippen LogP contribution in [0, 0.1) is 0 Å². The van der Waals surface area contributed by atoms with Crippen LogP contribution in [0.15, 0.2) is 61.2 Å². The minimum atomic E-state index is 0.720. The minimum absolute atomic E-state index is 0.720. The van der Waals surface area contributed by atoms with E-state index in [9.17, 15) is 0 Å². The normalized spacial score (nSPS) is 20.4. The van der Waals surface area contributed by atoms with Crippen LogP contribution in [-0.4, -0.2) is 6.61 Å². The molecule has 1 saturated carbocycles. The minimum Gasteiger partial charge on any atom is -0.377 e. The summed E-state index contributed by atoms with van der Waals surface area (Å²) in [6, 6.07) is 18.3. The van der Waals surface area contributed by atoms with Crippen LogP contribution >= 0.6 is 0 Å². The molecule has 0 bridgehead atoms. The van der Waals surface area contributed by atoms with Crippen molar-refractivity contribution in [1.82, 2.24) is 0 Å². The van der Waals surface area contributed by atoms with E-state index in [-0.39, 0.29) is 0 Å². The van der Waals surface area contributed by atoms with Crippen molar-refractivity contribution in [3.8, 4) is 0 Å². The van der Waals surface area contributed by atoms with E-state index >= 15 is 0 Å². The van der Waals surface area contributed by atoms with Crippen LogP contribution in [0.2, 0.25) is 0 Å². The van der Waals surface area contributed by atoms with Crippen molar-refractivity contribution in [3.05, 3.63) is 83.4 Å². The van der Waals surface area contributed by atoms with Gasteiger partial charge in [0.2, 0.25) is 0 Å². The van der Waals surface area contributed by atoms with E-state index in [4.69, 9.17) is 4.74 Å². The summed E-state index contributed by atoms with van der Waals surface area (Å²) in [6.45, 7) is 7.37. The van der Waals surface area contributed by atoms with Gasteiger partial charge in [-0.05, 0) is 73.1 Å². The molecule has 1 aliphatic rings. The molecule has 1 aliphatic carbocycles. The lowest BCUT2D eigenvalue weighted by Gasteiger charge is -2.29. The molecule has 3 rings (SSSR count). The highest BCUT2D eigenvalue weighted by molar-refractivity contribution is 5.29. The van der Waals surface area contributed by atoms with Gasteiger partial charge in [0.25, 0.3) is 0 Å². The van der Waals surface area contributed by atoms with Gasteiger partial charge in [0.05, 0.1) is 6.61 Å². The lowest BCUT2D eigenvalue weighted by molar-refractivity contribution is 0.134. The zero-order valence-electron chi connectivity index (χ0n) is 15.4. The van der Waals surface area contributed by atoms with Crippen LogP contribution in [0.4, 0.5) is 0 Å². The topological polar surface area (TPSA) is 9.23 Å². The van der Waals surface area contributed by atoms with E-state index < -0.39 is 0 Å². The lowest BCUT2D eigenvalue weighted by Crippen LogP contribution is -2.12. The van der Waals surface area contributed by atoms with Gasteiger partial charge in [0.15, 0.2) is 0 Å². The van der Waals surface area contributed by atoms with Crippen LogP contribution in [-0.2, 0) is 17.8 Å². The fraction of sp³-hybridized carbons (Fsp3) is 0.417. The van der Waals surface area contributed by atoms with Gasteiger partial charge in [-0.1, -0.05) is 54.6 Å². The molecule has 0 aliphatic heterocycles. The Morgan fingerprint density at radius 3 is 1.76 bits per heavy atom. The van der Waals surface area contributed by atoms with E-state index in [0.717, 1.165) is 31.5 Å². The molecule has 0 saturated heterocycles. The number of hydrogen-bond acceptors (Lipinski definition) is 1. The third-order valence-electron chi connectivity index (χ3n) is 5.48. The Balaban J connectivity index is 1.55. The number of ether oxygens (including phenoxy) is 1. The van der Waals surface area contributed by atoms with Crippen molar-refractivity contribution in [1.29, 1.82) is 0 Å². The first-order valence-corrected chi connectivity index (χ1v) is 9.66. The Labute approximate surface area is 152 Å². The summed E-state index contributed by atoms with van der Waals surface area (Å²) < 4.78 is 5.49. The van der Waals surface area contributed by atoms with E-state index in [1.165, 1.54) is 47.9 Å². The highest BCUT2D eigenvalue weighted by Gasteiger charge is 2.23. The van der Waals surface area contributed by atoms with Gasteiger partial charge in [-0.15, -0.1) is 6.58 Å².